The van der Waals surface area contributed by atoms with Gasteiger partial charge in [-0.25, -0.2) is 0 Å². The molecule has 0 rings (SSSR count). The first-order valence-electron chi connectivity index (χ1n) is 12.7. The molecule has 0 spiro atoms. The first kappa shape index (κ1) is 27.5. The Morgan fingerprint density at radius 3 is 2.00 bits per heavy atom. The maximum atomic E-state index is 5.80. The van der Waals surface area contributed by atoms with Crippen LogP contribution in [0.4, 0.5) is 0 Å². The van der Waals surface area contributed by atoms with E-state index in [1.54, 1.807) is 0 Å². The highest BCUT2D eigenvalue weighted by atomic mass is 16.5. The maximum Gasteiger partial charge on any atom is 0.0888 e. The van der Waals surface area contributed by atoms with Gasteiger partial charge in [-0.2, -0.15) is 0 Å². The van der Waals surface area contributed by atoms with Gasteiger partial charge in [0.25, 0.3) is 0 Å². The lowest BCUT2D eigenvalue weighted by Crippen LogP contribution is -2.31. The first-order valence-corrected chi connectivity index (χ1v) is 12.7. The Morgan fingerprint density at radius 1 is 0.750 bits per heavy atom. The molecule has 0 aromatic carbocycles. The third-order valence-corrected chi connectivity index (χ3v) is 5.85. The highest BCUT2D eigenvalue weighted by Crippen LogP contribution is 2.16. The van der Waals surface area contributed by atoms with Crippen molar-refractivity contribution in [2.75, 3.05) is 26.2 Å². The molecule has 0 bridgehead atoms. The number of unbranched alkanes of at least 4 members (excludes halogenated alkanes) is 8. The molecule has 0 aliphatic rings. The van der Waals surface area contributed by atoms with Crippen LogP contribution in [-0.2, 0) is 4.74 Å². The molecule has 0 aliphatic heterocycles. The van der Waals surface area contributed by atoms with E-state index in [4.69, 9.17) is 4.74 Å². The molecule has 0 amide bonds. The van der Waals surface area contributed by atoms with E-state index in [-0.39, 0.29) is 0 Å². The monoisotopic (exact) mass is 395 g/mol. The van der Waals surface area contributed by atoms with Gasteiger partial charge in [-0.05, 0) is 44.7 Å². The lowest BCUT2D eigenvalue weighted by Gasteiger charge is -2.27. The molecule has 2 heteroatoms. The molecule has 0 fully saturated rings. The van der Waals surface area contributed by atoms with Crippen molar-refractivity contribution in [3.8, 4) is 0 Å². The molecule has 28 heavy (non-hydrogen) atoms. The summed E-state index contributed by atoms with van der Waals surface area (Å²) in [6.45, 7) is 17.9. The van der Waals surface area contributed by atoms with Gasteiger partial charge in [0.2, 0.25) is 0 Å². The number of hydrogen-bond acceptors (Lipinski definition) is 2. The van der Waals surface area contributed by atoms with E-state index >= 15 is 0 Å². The first-order chi connectivity index (χ1) is 13.7. The Kier molecular flexibility index (Phi) is 20.8. The highest BCUT2D eigenvalue weighted by Gasteiger charge is 2.12. The molecule has 0 saturated carbocycles. The fourth-order valence-electron chi connectivity index (χ4n) is 3.93. The van der Waals surface area contributed by atoms with Crippen molar-refractivity contribution >= 4 is 0 Å². The van der Waals surface area contributed by atoms with Gasteiger partial charge in [-0.1, -0.05) is 98.5 Å². The van der Waals surface area contributed by atoms with Gasteiger partial charge in [-0.15, -0.1) is 0 Å². The van der Waals surface area contributed by atoms with Gasteiger partial charge in [0.05, 0.1) is 12.4 Å². The third-order valence-electron chi connectivity index (χ3n) is 5.85. The molecule has 168 valence electrons. The van der Waals surface area contributed by atoms with Gasteiger partial charge in [0.15, 0.2) is 0 Å². The van der Waals surface area contributed by atoms with E-state index in [9.17, 15) is 0 Å². The van der Waals surface area contributed by atoms with E-state index in [1.165, 1.54) is 103 Å². The van der Waals surface area contributed by atoms with Crippen LogP contribution in [0.2, 0.25) is 0 Å². The van der Waals surface area contributed by atoms with Crippen LogP contribution in [0, 0.1) is 5.92 Å². The minimum absolute atomic E-state index is 0.850. The Balaban J connectivity index is 4.12. The fourth-order valence-corrected chi connectivity index (χ4v) is 3.93. The predicted octanol–water partition coefficient (Wildman–Crippen LogP) is 8.37. The van der Waals surface area contributed by atoms with Crippen molar-refractivity contribution < 1.29 is 4.74 Å². The van der Waals surface area contributed by atoms with Crippen LogP contribution >= 0.6 is 0 Å². The number of ether oxygens (including phenoxy) is 1. The maximum absolute atomic E-state index is 5.80. The van der Waals surface area contributed by atoms with Gasteiger partial charge in [0, 0.05) is 13.0 Å². The molecule has 0 N–H and O–H groups in total. The standard InChI is InChI=1S/C26H53NO/c1-6-10-12-13-14-15-16-21-27(24-26(9-4)19-8-3)22-18-20-25(5)28-23-17-11-7-2/h26H,5-24H2,1-4H3. The molecule has 2 nitrogen and oxygen atoms in total. The summed E-state index contributed by atoms with van der Waals surface area (Å²) in [6, 6.07) is 0. The summed E-state index contributed by atoms with van der Waals surface area (Å²) in [4.78, 5) is 2.74. The summed E-state index contributed by atoms with van der Waals surface area (Å²) < 4.78 is 5.80. The molecule has 0 radical (unpaired) electrons. The molecule has 1 atom stereocenters. The van der Waals surface area contributed by atoms with Crippen LogP contribution in [0.15, 0.2) is 12.3 Å². The van der Waals surface area contributed by atoms with Gasteiger partial charge in [-0.3, -0.25) is 0 Å². The normalized spacial score (nSPS) is 12.5. The van der Waals surface area contributed by atoms with Crippen LogP contribution in [0.5, 0.6) is 0 Å². The van der Waals surface area contributed by atoms with Crippen molar-refractivity contribution in [3.63, 3.8) is 0 Å². The van der Waals surface area contributed by atoms with Crippen molar-refractivity contribution in [1.82, 2.24) is 4.90 Å². The summed E-state index contributed by atoms with van der Waals surface area (Å²) in [5.41, 5.74) is 0. The van der Waals surface area contributed by atoms with Crippen molar-refractivity contribution in [3.05, 3.63) is 12.3 Å². The Labute approximate surface area is 178 Å². The molecular weight excluding hydrogens is 342 g/mol. The van der Waals surface area contributed by atoms with Crippen molar-refractivity contribution in [2.24, 2.45) is 5.92 Å². The topological polar surface area (TPSA) is 12.5 Å². The zero-order valence-corrected chi connectivity index (χ0v) is 20.1. The van der Waals surface area contributed by atoms with E-state index in [2.05, 4.69) is 39.2 Å². The smallest absolute Gasteiger partial charge is 0.0888 e. The second-order valence-corrected chi connectivity index (χ2v) is 8.68. The molecule has 0 heterocycles. The minimum Gasteiger partial charge on any atom is -0.499 e. The Morgan fingerprint density at radius 2 is 1.36 bits per heavy atom. The third kappa shape index (κ3) is 17.6. The van der Waals surface area contributed by atoms with Crippen LogP contribution in [0.1, 0.15) is 124 Å². The summed E-state index contributed by atoms with van der Waals surface area (Å²) in [5, 5.41) is 0. The average molecular weight is 396 g/mol. The summed E-state index contributed by atoms with van der Waals surface area (Å²) in [6.07, 6.45) is 19.7. The van der Waals surface area contributed by atoms with Crippen molar-refractivity contribution in [1.29, 1.82) is 0 Å². The molecule has 0 aromatic rings. The zero-order chi connectivity index (χ0) is 20.9. The summed E-state index contributed by atoms with van der Waals surface area (Å²) in [5.74, 6) is 1.86. The minimum atomic E-state index is 0.850. The molecule has 0 aliphatic carbocycles. The largest absolute Gasteiger partial charge is 0.499 e. The molecule has 0 saturated heterocycles. The summed E-state index contributed by atoms with van der Waals surface area (Å²) >= 11 is 0. The molecular formula is C26H53NO. The molecule has 0 aromatic heterocycles. The lowest BCUT2D eigenvalue weighted by molar-refractivity contribution is 0.183. The second kappa shape index (κ2) is 21.2. The van der Waals surface area contributed by atoms with Gasteiger partial charge < -0.3 is 9.64 Å². The number of allylic oxidation sites excluding steroid dienone is 1. The van der Waals surface area contributed by atoms with E-state index in [1.807, 2.05) is 0 Å². The fraction of sp³-hybridized carbons (Fsp3) is 0.923. The van der Waals surface area contributed by atoms with E-state index in [0.717, 1.165) is 31.1 Å². The van der Waals surface area contributed by atoms with E-state index < -0.39 is 0 Å². The predicted molar refractivity (Wildman–Crippen MR) is 127 cm³/mol. The van der Waals surface area contributed by atoms with Crippen molar-refractivity contribution in [2.45, 2.75) is 124 Å². The number of nitrogens with zero attached hydrogens (tertiary/aromatic N) is 1. The van der Waals surface area contributed by atoms with Crippen LogP contribution in [0.25, 0.3) is 0 Å². The summed E-state index contributed by atoms with van der Waals surface area (Å²) in [7, 11) is 0. The van der Waals surface area contributed by atoms with Crippen LogP contribution < -0.4 is 0 Å². The number of rotatable bonds is 22. The lowest BCUT2D eigenvalue weighted by atomic mass is 9.99. The average Bonchev–Trinajstić information content (AvgIpc) is 2.69. The van der Waals surface area contributed by atoms with Crippen LogP contribution in [0.3, 0.4) is 0 Å². The zero-order valence-electron chi connectivity index (χ0n) is 20.1. The molecule has 1 unspecified atom stereocenters. The SMILES string of the molecule is C=C(CCCN(CCCCCCCCC)CC(CC)CCC)OCCCCC. The van der Waals surface area contributed by atoms with Gasteiger partial charge >= 0.3 is 0 Å². The second-order valence-electron chi connectivity index (χ2n) is 8.68. The van der Waals surface area contributed by atoms with E-state index in [0.29, 0.717) is 0 Å². The van der Waals surface area contributed by atoms with Crippen LogP contribution in [-0.4, -0.2) is 31.1 Å². The Bertz CT molecular complexity index is 328. The number of hydrogen-bond donors (Lipinski definition) is 0. The quantitative estimate of drug-likeness (QED) is 0.135. The Hall–Kier alpha value is -0.500. The highest BCUT2D eigenvalue weighted by molar-refractivity contribution is 4.82. The van der Waals surface area contributed by atoms with Gasteiger partial charge in [0.1, 0.15) is 0 Å².